The van der Waals surface area contributed by atoms with Gasteiger partial charge in [-0.25, -0.2) is 4.98 Å². The van der Waals surface area contributed by atoms with Crippen LogP contribution in [0.25, 0.3) is 0 Å². The molecule has 80 valence electrons. The average Bonchev–Trinajstić information content (AvgIpc) is 2.63. The SMILES string of the molecule is Brc1cccnc1N1CCC2(CCC2)C1. The Hall–Kier alpha value is -0.570. The van der Waals surface area contributed by atoms with Crippen LogP contribution < -0.4 is 4.90 Å². The van der Waals surface area contributed by atoms with Crippen LogP contribution in [0.15, 0.2) is 22.8 Å². The van der Waals surface area contributed by atoms with Crippen LogP contribution in [0, 0.1) is 5.41 Å². The number of nitrogens with zero attached hydrogens (tertiary/aromatic N) is 2. The Morgan fingerprint density at radius 3 is 2.80 bits per heavy atom. The van der Waals surface area contributed by atoms with Gasteiger partial charge in [0.05, 0.1) is 4.47 Å². The van der Waals surface area contributed by atoms with Crippen LogP contribution in [0.3, 0.4) is 0 Å². The first kappa shape index (κ1) is 9.64. The molecule has 3 heteroatoms. The summed E-state index contributed by atoms with van der Waals surface area (Å²) >= 11 is 3.58. The Labute approximate surface area is 98.8 Å². The number of hydrogen-bond donors (Lipinski definition) is 0. The molecular weight excluding hydrogens is 252 g/mol. The Balaban J connectivity index is 1.82. The third-order valence-electron chi connectivity index (χ3n) is 3.89. The molecule has 1 spiro atoms. The maximum atomic E-state index is 4.46. The summed E-state index contributed by atoms with van der Waals surface area (Å²) in [6.45, 7) is 2.39. The van der Waals surface area contributed by atoms with Crippen LogP contribution in [0.4, 0.5) is 5.82 Å². The molecule has 0 unspecified atom stereocenters. The molecule has 2 nitrogen and oxygen atoms in total. The Morgan fingerprint density at radius 1 is 1.33 bits per heavy atom. The van der Waals surface area contributed by atoms with E-state index in [1.807, 2.05) is 12.3 Å². The molecule has 2 aliphatic rings. The third kappa shape index (κ3) is 1.57. The molecule has 15 heavy (non-hydrogen) atoms. The fraction of sp³-hybridized carbons (Fsp3) is 0.583. The first-order valence-electron chi connectivity index (χ1n) is 5.65. The van der Waals surface area contributed by atoms with Gasteiger partial charge in [-0.3, -0.25) is 0 Å². The minimum absolute atomic E-state index is 0.650. The van der Waals surface area contributed by atoms with E-state index in [0.717, 1.165) is 10.3 Å². The van der Waals surface area contributed by atoms with Gasteiger partial charge in [-0.05, 0) is 52.7 Å². The maximum absolute atomic E-state index is 4.46. The fourth-order valence-corrected chi connectivity index (χ4v) is 3.32. The van der Waals surface area contributed by atoms with Crippen LogP contribution in [0.5, 0.6) is 0 Å². The van der Waals surface area contributed by atoms with Crippen molar-refractivity contribution in [2.75, 3.05) is 18.0 Å². The zero-order valence-corrected chi connectivity index (χ0v) is 10.3. The molecule has 1 aliphatic heterocycles. The van der Waals surface area contributed by atoms with Crippen molar-refractivity contribution in [3.63, 3.8) is 0 Å². The van der Waals surface area contributed by atoms with Gasteiger partial charge >= 0.3 is 0 Å². The largest absolute Gasteiger partial charge is 0.355 e. The highest BCUT2D eigenvalue weighted by atomic mass is 79.9. The minimum atomic E-state index is 0.650. The zero-order valence-electron chi connectivity index (χ0n) is 8.75. The topological polar surface area (TPSA) is 16.1 Å². The van der Waals surface area contributed by atoms with Crippen molar-refractivity contribution >= 4 is 21.7 Å². The van der Waals surface area contributed by atoms with E-state index in [-0.39, 0.29) is 0 Å². The Kier molecular flexibility index (Phi) is 2.23. The molecule has 0 amide bonds. The molecule has 2 heterocycles. The summed E-state index contributed by atoms with van der Waals surface area (Å²) in [6.07, 6.45) is 7.51. The van der Waals surface area contributed by atoms with E-state index in [0.29, 0.717) is 5.41 Å². The van der Waals surface area contributed by atoms with Gasteiger partial charge in [0.1, 0.15) is 5.82 Å². The zero-order chi connectivity index (χ0) is 10.3. The number of aromatic nitrogens is 1. The smallest absolute Gasteiger partial charge is 0.142 e. The molecule has 1 aromatic heterocycles. The molecule has 0 aromatic carbocycles. The van der Waals surface area contributed by atoms with Crippen molar-refractivity contribution in [3.8, 4) is 0 Å². The summed E-state index contributed by atoms with van der Waals surface area (Å²) in [5.41, 5.74) is 0.650. The summed E-state index contributed by atoms with van der Waals surface area (Å²) < 4.78 is 1.13. The van der Waals surface area contributed by atoms with Gasteiger partial charge in [-0.2, -0.15) is 0 Å². The predicted octanol–water partition coefficient (Wildman–Crippen LogP) is 3.22. The summed E-state index contributed by atoms with van der Waals surface area (Å²) in [6, 6.07) is 4.05. The van der Waals surface area contributed by atoms with Crippen molar-refractivity contribution in [1.29, 1.82) is 0 Å². The van der Waals surface area contributed by atoms with E-state index in [4.69, 9.17) is 0 Å². The Morgan fingerprint density at radius 2 is 2.20 bits per heavy atom. The van der Waals surface area contributed by atoms with Crippen LogP contribution in [-0.4, -0.2) is 18.1 Å². The van der Waals surface area contributed by atoms with Crippen molar-refractivity contribution in [2.45, 2.75) is 25.7 Å². The van der Waals surface area contributed by atoms with Crippen LogP contribution in [-0.2, 0) is 0 Å². The molecule has 2 fully saturated rings. The van der Waals surface area contributed by atoms with Gasteiger partial charge in [0, 0.05) is 19.3 Å². The van der Waals surface area contributed by atoms with Gasteiger partial charge in [0.15, 0.2) is 0 Å². The lowest BCUT2D eigenvalue weighted by Crippen LogP contribution is -2.33. The molecule has 0 bridgehead atoms. The minimum Gasteiger partial charge on any atom is -0.355 e. The summed E-state index contributed by atoms with van der Waals surface area (Å²) in [4.78, 5) is 6.90. The lowest BCUT2D eigenvalue weighted by molar-refractivity contribution is 0.165. The van der Waals surface area contributed by atoms with Gasteiger partial charge in [0.25, 0.3) is 0 Å². The standard InChI is InChI=1S/C12H15BrN2/c13-10-3-1-7-14-11(10)15-8-6-12(9-15)4-2-5-12/h1,3,7H,2,4-6,8-9H2. The van der Waals surface area contributed by atoms with Gasteiger partial charge in [-0.15, -0.1) is 0 Å². The lowest BCUT2D eigenvalue weighted by atomic mass is 9.68. The van der Waals surface area contributed by atoms with Gasteiger partial charge in [0.2, 0.25) is 0 Å². The molecule has 0 radical (unpaired) electrons. The van der Waals surface area contributed by atoms with E-state index < -0.39 is 0 Å². The monoisotopic (exact) mass is 266 g/mol. The van der Waals surface area contributed by atoms with E-state index in [9.17, 15) is 0 Å². The molecule has 0 N–H and O–H groups in total. The predicted molar refractivity (Wildman–Crippen MR) is 65.1 cm³/mol. The molecule has 1 aliphatic carbocycles. The van der Waals surface area contributed by atoms with Crippen LogP contribution >= 0.6 is 15.9 Å². The van der Waals surface area contributed by atoms with E-state index in [1.54, 1.807) is 0 Å². The molecular formula is C12H15BrN2. The average molecular weight is 267 g/mol. The highest BCUT2D eigenvalue weighted by molar-refractivity contribution is 9.10. The van der Waals surface area contributed by atoms with E-state index in [1.165, 1.54) is 38.8 Å². The third-order valence-corrected chi connectivity index (χ3v) is 4.51. The van der Waals surface area contributed by atoms with E-state index >= 15 is 0 Å². The quantitative estimate of drug-likeness (QED) is 0.776. The van der Waals surface area contributed by atoms with E-state index in [2.05, 4.69) is 31.9 Å². The molecule has 3 rings (SSSR count). The highest BCUT2D eigenvalue weighted by Crippen LogP contribution is 2.49. The normalized spacial score (nSPS) is 23.1. The van der Waals surface area contributed by atoms with Crippen molar-refractivity contribution in [1.82, 2.24) is 4.98 Å². The number of anilines is 1. The molecule has 0 atom stereocenters. The molecule has 1 aromatic rings. The molecule has 1 saturated carbocycles. The van der Waals surface area contributed by atoms with Crippen molar-refractivity contribution in [3.05, 3.63) is 22.8 Å². The van der Waals surface area contributed by atoms with Crippen molar-refractivity contribution in [2.24, 2.45) is 5.41 Å². The number of rotatable bonds is 1. The second kappa shape index (κ2) is 3.48. The van der Waals surface area contributed by atoms with Crippen LogP contribution in [0.1, 0.15) is 25.7 Å². The summed E-state index contributed by atoms with van der Waals surface area (Å²) in [7, 11) is 0. The van der Waals surface area contributed by atoms with Crippen molar-refractivity contribution < 1.29 is 0 Å². The molecule has 1 saturated heterocycles. The summed E-state index contributed by atoms with van der Waals surface area (Å²) in [5.74, 6) is 1.13. The second-order valence-electron chi connectivity index (χ2n) is 4.83. The fourth-order valence-electron chi connectivity index (χ4n) is 2.81. The van der Waals surface area contributed by atoms with Gasteiger partial charge < -0.3 is 4.90 Å². The number of pyridine rings is 1. The summed E-state index contributed by atoms with van der Waals surface area (Å²) in [5, 5.41) is 0. The maximum Gasteiger partial charge on any atom is 0.142 e. The lowest BCUT2D eigenvalue weighted by Gasteiger charge is -2.38. The Bertz CT molecular complexity index is 374. The second-order valence-corrected chi connectivity index (χ2v) is 5.69. The first-order chi connectivity index (χ1) is 7.29. The number of hydrogen-bond acceptors (Lipinski definition) is 2. The first-order valence-corrected chi connectivity index (χ1v) is 6.44. The highest BCUT2D eigenvalue weighted by Gasteiger charge is 2.43. The van der Waals surface area contributed by atoms with Gasteiger partial charge in [-0.1, -0.05) is 6.42 Å². The number of halogens is 1. The van der Waals surface area contributed by atoms with Crippen LogP contribution in [0.2, 0.25) is 0 Å².